The zero-order valence-electron chi connectivity index (χ0n) is 12.8. The second-order valence-electron chi connectivity index (χ2n) is 5.71. The third-order valence-corrected chi connectivity index (χ3v) is 3.66. The summed E-state index contributed by atoms with van der Waals surface area (Å²) < 4.78 is 0. The number of nitrogens with one attached hydrogen (secondary N) is 1. The summed E-state index contributed by atoms with van der Waals surface area (Å²) in [6.45, 7) is 3.60. The molecular weight excluding hydrogens is 278 g/mol. The molecule has 4 heteroatoms. The molecule has 0 aliphatic carbocycles. The number of aryl methyl sites for hydroxylation is 1. The fourth-order valence-electron chi connectivity index (χ4n) is 2.18. The summed E-state index contributed by atoms with van der Waals surface area (Å²) in [6, 6.07) is 14.4. The lowest BCUT2D eigenvalue weighted by molar-refractivity contribution is -0.121. The van der Waals surface area contributed by atoms with Crippen LogP contribution in [0.15, 0.2) is 48.5 Å². The number of phenolic OH excluding ortho intramolecular Hbond substituents is 1. The second-order valence-corrected chi connectivity index (χ2v) is 5.71. The Balaban J connectivity index is 1.93. The molecule has 0 spiro atoms. The van der Waals surface area contributed by atoms with Gasteiger partial charge in [-0.15, -0.1) is 0 Å². The van der Waals surface area contributed by atoms with E-state index in [1.165, 1.54) is 0 Å². The standard InChI is InChI=1S/C18H21NO3/c1-13-8-9-14(10-16(13)20)11-17(21)19-12-18(2,22)15-6-4-3-5-7-15/h3-10,20,22H,11-12H2,1-2H3,(H,19,21). The lowest BCUT2D eigenvalue weighted by atomic mass is 9.96. The first-order valence-electron chi connectivity index (χ1n) is 7.21. The number of carbonyl (C=O) groups is 1. The Morgan fingerprint density at radius 3 is 2.50 bits per heavy atom. The van der Waals surface area contributed by atoms with Gasteiger partial charge >= 0.3 is 0 Å². The van der Waals surface area contributed by atoms with Crippen molar-refractivity contribution >= 4 is 5.91 Å². The molecule has 1 amide bonds. The molecule has 0 aromatic heterocycles. The van der Waals surface area contributed by atoms with Gasteiger partial charge in [0.15, 0.2) is 0 Å². The molecule has 116 valence electrons. The van der Waals surface area contributed by atoms with Crippen molar-refractivity contribution < 1.29 is 15.0 Å². The van der Waals surface area contributed by atoms with Crippen LogP contribution in [-0.2, 0) is 16.8 Å². The van der Waals surface area contributed by atoms with E-state index < -0.39 is 5.60 Å². The molecule has 3 N–H and O–H groups in total. The van der Waals surface area contributed by atoms with Crippen LogP contribution in [0.2, 0.25) is 0 Å². The average Bonchev–Trinajstić information content (AvgIpc) is 2.50. The van der Waals surface area contributed by atoms with Gasteiger partial charge in [-0.05, 0) is 36.6 Å². The van der Waals surface area contributed by atoms with Gasteiger partial charge in [-0.25, -0.2) is 0 Å². The number of benzene rings is 2. The number of hydrogen-bond acceptors (Lipinski definition) is 3. The Bertz CT molecular complexity index is 651. The summed E-state index contributed by atoms with van der Waals surface area (Å²) in [4.78, 5) is 12.0. The van der Waals surface area contributed by atoms with E-state index in [0.29, 0.717) is 0 Å². The molecule has 2 rings (SSSR count). The number of hydrogen-bond donors (Lipinski definition) is 3. The van der Waals surface area contributed by atoms with Gasteiger partial charge in [0.2, 0.25) is 5.91 Å². The monoisotopic (exact) mass is 299 g/mol. The van der Waals surface area contributed by atoms with Gasteiger partial charge in [-0.2, -0.15) is 0 Å². The number of carbonyl (C=O) groups excluding carboxylic acids is 1. The van der Waals surface area contributed by atoms with Crippen molar-refractivity contribution in [2.45, 2.75) is 25.9 Å². The maximum Gasteiger partial charge on any atom is 0.224 e. The van der Waals surface area contributed by atoms with Crippen LogP contribution in [0.5, 0.6) is 5.75 Å². The normalized spacial score (nSPS) is 13.4. The van der Waals surface area contributed by atoms with Crippen molar-refractivity contribution in [3.63, 3.8) is 0 Å². The van der Waals surface area contributed by atoms with Gasteiger partial charge in [0.1, 0.15) is 11.4 Å². The highest BCUT2D eigenvalue weighted by Crippen LogP contribution is 2.20. The Morgan fingerprint density at radius 1 is 1.18 bits per heavy atom. The maximum atomic E-state index is 12.0. The molecule has 0 heterocycles. The molecule has 22 heavy (non-hydrogen) atoms. The fraction of sp³-hybridized carbons (Fsp3) is 0.278. The lowest BCUT2D eigenvalue weighted by Crippen LogP contribution is -2.39. The average molecular weight is 299 g/mol. The third-order valence-electron chi connectivity index (χ3n) is 3.66. The van der Waals surface area contributed by atoms with Crippen LogP contribution in [-0.4, -0.2) is 22.7 Å². The van der Waals surface area contributed by atoms with E-state index in [1.54, 1.807) is 26.0 Å². The smallest absolute Gasteiger partial charge is 0.224 e. The van der Waals surface area contributed by atoms with E-state index in [-0.39, 0.29) is 24.6 Å². The zero-order chi connectivity index (χ0) is 16.2. The van der Waals surface area contributed by atoms with Crippen molar-refractivity contribution in [1.29, 1.82) is 0 Å². The molecule has 2 aromatic rings. The predicted molar refractivity (Wildman–Crippen MR) is 85.6 cm³/mol. The Labute approximate surface area is 130 Å². The van der Waals surface area contributed by atoms with Crippen molar-refractivity contribution in [2.75, 3.05) is 6.54 Å². The fourth-order valence-corrected chi connectivity index (χ4v) is 2.18. The highest BCUT2D eigenvalue weighted by Gasteiger charge is 2.23. The molecular formula is C18H21NO3. The van der Waals surface area contributed by atoms with Crippen LogP contribution < -0.4 is 5.32 Å². The van der Waals surface area contributed by atoms with Crippen molar-refractivity contribution in [3.8, 4) is 5.75 Å². The van der Waals surface area contributed by atoms with Crippen LogP contribution in [0, 0.1) is 6.92 Å². The van der Waals surface area contributed by atoms with Crippen LogP contribution in [0.1, 0.15) is 23.6 Å². The Kier molecular flexibility index (Phi) is 4.83. The number of aromatic hydroxyl groups is 1. The summed E-state index contributed by atoms with van der Waals surface area (Å²) in [5.74, 6) is -0.0129. The van der Waals surface area contributed by atoms with E-state index in [2.05, 4.69) is 5.32 Å². The van der Waals surface area contributed by atoms with E-state index >= 15 is 0 Å². The van der Waals surface area contributed by atoms with Gasteiger partial charge in [0.25, 0.3) is 0 Å². The van der Waals surface area contributed by atoms with Crippen LogP contribution in [0.25, 0.3) is 0 Å². The van der Waals surface area contributed by atoms with Gasteiger partial charge in [-0.3, -0.25) is 4.79 Å². The van der Waals surface area contributed by atoms with Crippen LogP contribution in [0.3, 0.4) is 0 Å². The summed E-state index contributed by atoms with van der Waals surface area (Å²) >= 11 is 0. The van der Waals surface area contributed by atoms with E-state index in [0.717, 1.165) is 16.7 Å². The number of aliphatic hydroxyl groups is 1. The minimum atomic E-state index is -1.12. The van der Waals surface area contributed by atoms with E-state index in [1.807, 2.05) is 36.4 Å². The lowest BCUT2D eigenvalue weighted by Gasteiger charge is -2.24. The molecule has 0 fully saturated rings. The second kappa shape index (κ2) is 6.62. The minimum absolute atomic E-state index is 0.133. The summed E-state index contributed by atoms with van der Waals surface area (Å²) in [5, 5.41) is 22.8. The molecule has 0 saturated heterocycles. The Hall–Kier alpha value is -2.33. The number of phenols is 1. The van der Waals surface area contributed by atoms with E-state index in [9.17, 15) is 15.0 Å². The molecule has 0 aliphatic heterocycles. The highest BCUT2D eigenvalue weighted by molar-refractivity contribution is 5.78. The third kappa shape index (κ3) is 4.09. The molecule has 2 aromatic carbocycles. The predicted octanol–water partition coefficient (Wildman–Crippen LogP) is 2.27. The Morgan fingerprint density at radius 2 is 1.86 bits per heavy atom. The SMILES string of the molecule is Cc1ccc(CC(=O)NCC(C)(O)c2ccccc2)cc1O. The molecule has 0 saturated carbocycles. The van der Waals surface area contributed by atoms with E-state index in [4.69, 9.17) is 0 Å². The topological polar surface area (TPSA) is 69.6 Å². The molecule has 4 nitrogen and oxygen atoms in total. The van der Waals surface area contributed by atoms with Crippen LogP contribution in [0.4, 0.5) is 0 Å². The molecule has 0 radical (unpaired) electrons. The molecule has 1 atom stereocenters. The molecule has 1 unspecified atom stereocenters. The first-order chi connectivity index (χ1) is 10.4. The summed E-state index contributed by atoms with van der Waals surface area (Å²) in [6.07, 6.45) is 0.165. The zero-order valence-corrected chi connectivity index (χ0v) is 12.8. The largest absolute Gasteiger partial charge is 0.508 e. The first-order valence-corrected chi connectivity index (χ1v) is 7.21. The minimum Gasteiger partial charge on any atom is -0.508 e. The van der Waals surface area contributed by atoms with Crippen molar-refractivity contribution in [1.82, 2.24) is 5.32 Å². The molecule has 0 bridgehead atoms. The summed E-state index contributed by atoms with van der Waals surface area (Å²) in [5.41, 5.74) is 1.14. The van der Waals surface area contributed by atoms with Gasteiger partial charge in [-0.1, -0.05) is 42.5 Å². The quantitative estimate of drug-likeness (QED) is 0.793. The number of amides is 1. The van der Waals surface area contributed by atoms with Crippen molar-refractivity contribution in [2.24, 2.45) is 0 Å². The van der Waals surface area contributed by atoms with Crippen LogP contribution >= 0.6 is 0 Å². The first kappa shape index (κ1) is 16.0. The van der Waals surface area contributed by atoms with Gasteiger partial charge in [0.05, 0.1) is 13.0 Å². The molecule has 0 aliphatic rings. The van der Waals surface area contributed by atoms with Gasteiger partial charge in [0, 0.05) is 0 Å². The summed E-state index contributed by atoms with van der Waals surface area (Å²) in [7, 11) is 0. The highest BCUT2D eigenvalue weighted by atomic mass is 16.3. The van der Waals surface area contributed by atoms with Crippen molar-refractivity contribution in [3.05, 3.63) is 65.2 Å². The van der Waals surface area contributed by atoms with Gasteiger partial charge < -0.3 is 15.5 Å². The maximum absolute atomic E-state index is 12.0. The number of rotatable bonds is 5.